The molecule has 0 spiro atoms. The lowest BCUT2D eigenvalue weighted by molar-refractivity contribution is 0.661. The Morgan fingerprint density at radius 2 is 1.65 bits per heavy atom. The molecule has 17 heavy (non-hydrogen) atoms. The first-order valence-corrected chi connectivity index (χ1v) is 5.94. The Morgan fingerprint density at radius 3 is 2.47 bits per heavy atom. The normalized spacial score (nSPS) is 26.1. The Bertz CT molecular complexity index is 532. The van der Waals surface area contributed by atoms with E-state index in [-0.39, 0.29) is 0 Å². The molecule has 0 radical (unpaired) electrons. The Kier molecular flexibility index (Phi) is 2.45. The lowest BCUT2D eigenvalue weighted by Gasteiger charge is -2.29. The van der Waals surface area contributed by atoms with Crippen LogP contribution in [0.3, 0.4) is 0 Å². The number of benzene rings is 1. The molecule has 2 N–H and O–H groups in total. The second-order valence-electron chi connectivity index (χ2n) is 4.48. The van der Waals surface area contributed by atoms with Gasteiger partial charge in [-0.3, -0.25) is 0 Å². The zero-order valence-electron chi connectivity index (χ0n) is 9.58. The van der Waals surface area contributed by atoms with Crippen LogP contribution in [0.5, 0.6) is 0 Å². The second-order valence-corrected chi connectivity index (χ2v) is 4.48. The molecule has 2 aliphatic carbocycles. The molecule has 0 fully saturated rings. The van der Waals surface area contributed by atoms with Crippen molar-refractivity contribution in [2.24, 2.45) is 11.7 Å². The average molecular weight is 221 g/mol. The van der Waals surface area contributed by atoms with Crippen molar-refractivity contribution in [2.45, 2.75) is 5.92 Å². The second kappa shape index (κ2) is 4.10. The Labute approximate surface area is 102 Å². The summed E-state index contributed by atoms with van der Waals surface area (Å²) in [6, 6.07) is 10.6. The van der Waals surface area contributed by atoms with Crippen LogP contribution in [-0.4, -0.2) is 0 Å². The summed E-state index contributed by atoms with van der Waals surface area (Å²) in [7, 11) is 0. The molecule has 1 heteroatoms. The van der Waals surface area contributed by atoms with Crippen LogP contribution in [0.2, 0.25) is 0 Å². The van der Waals surface area contributed by atoms with Gasteiger partial charge >= 0.3 is 0 Å². The maximum absolute atomic E-state index is 6.04. The maximum Gasteiger partial charge on any atom is 0.0349 e. The molecule has 3 rings (SSSR count). The first kappa shape index (κ1) is 10.2. The molecule has 0 saturated carbocycles. The number of hydrogen-bond acceptors (Lipinski definition) is 1. The third-order valence-corrected chi connectivity index (χ3v) is 3.45. The molecule has 0 bridgehead atoms. The van der Waals surface area contributed by atoms with Crippen LogP contribution in [0.1, 0.15) is 11.5 Å². The van der Waals surface area contributed by atoms with Gasteiger partial charge in [0.2, 0.25) is 0 Å². The molecule has 2 unspecified atom stereocenters. The molecule has 0 saturated heterocycles. The molecular formula is C16H15N. The molecule has 0 aliphatic heterocycles. The van der Waals surface area contributed by atoms with Crippen molar-refractivity contribution < 1.29 is 0 Å². The van der Waals surface area contributed by atoms with Crippen LogP contribution in [-0.2, 0) is 0 Å². The summed E-state index contributed by atoms with van der Waals surface area (Å²) in [5.41, 5.74) is 9.51. The maximum atomic E-state index is 6.04. The van der Waals surface area contributed by atoms with Crippen LogP contribution in [0.4, 0.5) is 0 Å². The van der Waals surface area contributed by atoms with E-state index in [0.29, 0.717) is 11.8 Å². The fraction of sp³-hybridized carbons (Fsp3) is 0.125. The van der Waals surface area contributed by atoms with Crippen molar-refractivity contribution in [1.82, 2.24) is 0 Å². The van der Waals surface area contributed by atoms with Crippen LogP contribution >= 0.6 is 0 Å². The molecule has 1 nitrogen and oxygen atoms in total. The van der Waals surface area contributed by atoms with Crippen LogP contribution < -0.4 is 5.73 Å². The average Bonchev–Trinajstić information content (AvgIpc) is 2.41. The summed E-state index contributed by atoms with van der Waals surface area (Å²) in [5, 5.41) is 0. The highest BCUT2D eigenvalue weighted by Crippen LogP contribution is 2.38. The van der Waals surface area contributed by atoms with E-state index >= 15 is 0 Å². The van der Waals surface area contributed by atoms with Gasteiger partial charge < -0.3 is 5.73 Å². The molecule has 0 heterocycles. The van der Waals surface area contributed by atoms with E-state index in [9.17, 15) is 0 Å². The van der Waals surface area contributed by atoms with Gasteiger partial charge in [0.15, 0.2) is 0 Å². The van der Waals surface area contributed by atoms with E-state index < -0.39 is 0 Å². The lowest BCUT2D eigenvalue weighted by atomic mass is 9.75. The van der Waals surface area contributed by atoms with E-state index in [0.717, 1.165) is 5.70 Å². The van der Waals surface area contributed by atoms with Crippen molar-refractivity contribution >= 4 is 0 Å². The molecule has 1 aromatic carbocycles. The van der Waals surface area contributed by atoms with Crippen molar-refractivity contribution in [3.63, 3.8) is 0 Å². The number of hydrogen-bond donors (Lipinski definition) is 1. The van der Waals surface area contributed by atoms with Crippen molar-refractivity contribution in [3.05, 3.63) is 83.6 Å². The molecule has 0 amide bonds. The van der Waals surface area contributed by atoms with Crippen LogP contribution in [0.15, 0.2) is 78.1 Å². The molecular weight excluding hydrogens is 206 g/mol. The Hall–Kier alpha value is -2.02. The summed E-state index contributed by atoms with van der Waals surface area (Å²) in [6.45, 7) is 0. The predicted octanol–water partition coefficient (Wildman–Crippen LogP) is 3.30. The largest absolute Gasteiger partial charge is 0.398 e. The summed E-state index contributed by atoms with van der Waals surface area (Å²) >= 11 is 0. The van der Waals surface area contributed by atoms with Gasteiger partial charge in [-0.1, -0.05) is 60.7 Å². The summed E-state index contributed by atoms with van der Waals surface area (Å²) < 4.78 is 0. The van der Waals surface area contributed by atoms with Gasteiger partial charge in [-0.15, -0.1) is 0 Å². The topological polar surface area (TPSA) is 26.0 Å². The minimum Gasteiger partial charge on any atom is -0.398 e. The van der Waals surface area contributed by atoms with Gasteiger partial charge in [0.25, 0.3) is 0 Å². The fourth-order valence-corrected chi connectivity index (χ4v) is 2.58. The summed E-state index contributed by atoms with van der Waals surface area (Å²) in [6.07, 6.45) is 12.8. The van der Waals surface area contributed by atoms with E-state index in [2.05, 4.69) is 60.7 Å². The monoisotopic (exact) mass is 221 g/mol. The SMILES string of the molecule is NC1=C2C=CC=CC2C(c2ccccc2)C=C1. The van der Waals surface area contributed by atoms with Crippen LogP contribution in [0, 0.1) is 5.92 Å². The highest BCUT2D eigenvalue weighted by Gasteiger charge is 2.26. The molecule has 2 aliphatic rings. The zero-order valence-corrected chi connectivity index (χ0v) is 9.58. The quantitative estimate of drug-likeness (QED) is 0.773. The number of rotatable bonds is 1. The smallest absolute Gasteiger partial charge is 0.0349 e. The Morgan fingerprint density at radius 1 is 0.824 bits per heavy atom. The highest BCUT2D eigenvalue weighted by atomic mass is 14.6. The summed E-state index contributed by atoms with van der Waals surface area (Å²) in [5.74, 6) is 0.784. The van der Waals surface area contributed by atoms with E-state index in [1.54, 1.807) is 0 Å². The number of fused-ring (bicyclic) bond motifs is 1. The first-order valence-electron chi connectivity index (χ1n) is 5.94. The predicted molar refractivity (Wildman–Crippen MR) is 71.3 cm³/mol. The first-order chi connectivity index (χ1) is 8.36. The minimum atomic E-state index is 0.382. The lowest BCUT2D eigenvalue weighted by Crippen LogP contribution is -2.19. The van der Waals surface area contributed by atoms with Gasteiger partial charge in [-0.05, 0) is 17.2 Å². The van der Waals surface area contributed by atoms with E-state index in [1.807, 2.05) is 6.08 Å². The third kappa shape index (κ3) is 1.74. The van der Waals surface area contributed by atoms with Crippen molar-refractivity contribution in [2.75, 3.05) is 0 Å². The van der Waals surface area contributed by atoms with Crippen molar-refractivity contribution in [3.8, 4) is 0 Å². The minimum absolute atomic E-state index is 0.382. The van der Waals surface area contributed by atoms with Gasteiger partial charge in [-0.2, -0.15) is 0 Å². The summed E-state index contributed by atoms with van der Waals surface area (Å²) in [4.78, 5) is 0. The zero-order chi connectivity index (χ0) is 11.7. The molecule has 1 aromatic rings. The number of nitrogens with two attached hydrogens (primary N) is 1. The molecule has 84 valence electrons. The Balaban J connectivity index is 2.03. The molecule has 0 aromatic heterocycles. The molecule has 2 atom stereocenters. The van der Waals surface area contributed by atoms with Gasteiger partial charge in [-0.25, -0.2) is 0 Å². The van der Waals surface area contributed by atoms with Gasteiger partial charge in [0, 0.05) is 17.5 Å². The highest BCUT2D eigenvalue weighted by molar-refractivity contribution is 5.47. The van der Waals surface area contributed by atoms with Gasteiger partial charge in [0.1, 0.15) is 0 Å². The van der Waals surface area contributed by atoms with E-state index in [1.165, 1.54) is 11.1 Å². The van der Waals surface area contributed by atoms with Crippen molar-refractivity contribution in [1.29, 1.82) is 0 Å². The standard InChI is InChI=1S/C16H15N/c17-16-11-10-13(12-6-2-1-3-7-12)14-8-4-5-9-15(14)16/h1-11,13-14H,17H2. The fourth-order valence-electron chi connectivity index (χ4n) is 2.58. The number of allylic oxidation sites excluding steroid dienone is 7. The van der Waals surface area contributed by atoms with Crippen LogP contribution in [0.25, 0.3) is 0 Å². The third-order valence-electron chi connectivity index (χ3n) is 3.45. The van der Waals surface area contributed by atoms with Gasteiger partial charge in [0.05, 0.1) is 0 Å². The van der Waals surface area contributed by atoms with E-state index in [4.69, 9.17) is 5.73 Å².